The number of amides is 1. The summed E-state index contributed by atoms with van der Waals surface area (Å²) < 4.78 is 23.9. The van der Waals surface area contributed by atoms with Gasteiger partial charge in [0, 0.05) is 38.1 Å². The smallest absolute Gasteiger partial charge is 0.243 e. The number of halogens is 1. The van der Waals surface area contributed by atoms with Crippen molar-refractivity contribution in [3.63, 3.8) is 0 Å². The van der Waals surface area contributed by atoms with E-state index < -0.39 is 5.54 Å². The molecule has 5 nitrogen and oxygen atoms in total. The molecule has 0 saturated heterocycles. The second-order valence-corrected chi connectivity index (χ2v) is 5.75. The van der Waals surface area contributed by atoms with Crippen molar-refractivity contribution in [2.24, 2.45) is 5.73 Å². The molecule has 0 atom stereocenters. The van der Waals surface area contributed by atoms with Crippen molar-refractivity contribution in [3.8, 4) is 5.75 Å². The number of hydrogen-bond donors (Lipinski definition) is 1. The van der Waals surface area contributed by atoms with Gasteiger partial charge in [-0.15, -0.1) is 0 Å². The Morgan fingerprint density at radius 2 is 2.29 bits per heavy atom. The second kappa shape index (κ2) is 5.27. The summed E-state index contributed by atoms with van der Waals surface area (Å²) in [6, 6.07) is 4.38. The predicted octanol–water partition coefficient (Wildman–Crippen LogP) is 1.05. The first kappa shape index (κ1) is 14.3. The third-order valence-corrected chi connectivity index (χ3v) is 4.24. The minimum absolute atomic E-state index is 0.0589. The maximum absolute atomic E-state index is 13.2. The van der Waals surface area contributed by atoms with Gasteiger partial charge < -0.3 is 20.1 Å². The van der Waals surface area contributed by atoms with Gasteiger partial charge in [0.1, 0.15) is 23.7 Å². The molecule has 114 valence electrons. The van der Waals surface area contributed by atoms with Gasteiger partial charge in [-0.25, -0.2) is 4.39 Å². The van der Waals surface area contributed by atoms with Crippen molar-refractivity contribution in [1.82, 2.24) is 4.90 Å². The topological polar surface area (TPSA) is 64.8 Å². The van der Waals surface area contributed by atoms with Gasteiger partial charge >= 0.3 is 0 Å². The predicted molar refractivity (Wildman–Crippen MR) is 74.3 cm³/mol. The minimum atomic E-state index is -0.842. The molecule has 0 radical (unpaired) electrons. The minimum Gasteiger partial charge on any atom is -0.491 e. The van der Waals surface area contributed by atoms with Gasteiger partial charge in [-0.1, -0.05) is 6.07 Å². The fraction of sp³-hybridized carbons (Fsp3) is 0.533. The van der Waals surface area contributed by atoms with E-state index in [9.17, 15) is 9.18 Å². The van der Waals surface area contributed by atoms with Crippen LogP contribution in [0, 0.1) is 5.82 Å². The van der Waals surface area contributed by atoms with E-state index in [0.29, 0.717) is 38.3 Å². The lowest BCUT2D eigenvalue weighted by Crippen LogP contribution is -2.64. The molecule has 1 aliphatic carbocycles. The summed E-state index contributed by atoms with van der Waals surface area (Å²) in [6.45, 7) is 1.18. The number of carbonyl (C=O) groups excluding carboxylic acids is 1. The molecular formula is C15H19FN2O3. The summed E-state index contributed by atoms with van der Waals surface area (Å²) in [7, 11) is 1.62. The van der Waals surface area contributed by atoms with Crippen LogP contribution in [-0.2, 0) is 16.1 Å². The van der Waals surface area contributed by atoms with Crippen LogP contribution in [0.15, 0.2) is 18.2 Å². The number of ether oxygens (including phenoxy) is 2. The van der Waals surface area contributed by atoms with Crippen molar-refractivity contribution in [2.45, 2.75) is 31.0 Å². The van der Waals surface area contributed by atoms with E-state index in [2.05, 4.69) is 0 Å². The molecule has 0 bridgehead atoms. The summed E-state index contributed by atoms with van der Waals surface area (Å²) >= 11 is 0. The van der Waals surface area contributed by atoms with Crippen LogP contribution in [0.1, 0.15) is 18.4 Å². The van der Waals surface area contributed by atoms with Gasteiger partial charge in [-0.3, -0.25) is 4.79 Å². The highest BCUT2D eigenvalue weighted by Gasteiger charge is 2.49. The van der Waals surface area contributed by atoms with Crippen molar-refractivity contribution >= 4 is 5.91 Å². The molecule has 6 heteroatoms. The highest BCUT2D eigenvalue weighted by atomic mass is 19.1. The van der Waals surface area contributed by atoms with E-state index in [1.165, 1.54) is 12.1 Å². The number of fused-ring (bicyclic) bond motifs is 1. The van der Waals surface area contributed by atoms with Crippen LogP contribution in [-0.4, -0.2) is 42.7 Å². The molecule has 0 unspecified atom stereocenters. The van der Waals surface area contributed by atoms with E-state index in [1.807, 2.05) is 0 Å². The Bertz CT molecular complexity index is 558. The molecule has 1 aromatic rings. The summed E-state index contributed by atoms with van der Waals surface area (Å²) in [5.74, 6) is 0.0714. The largest absolute Gasteiger partial charge is 0.491 e. The zero-order valence-corrected chi connectivity index (χ0v) is 12.0. The Labute approximate surface area is 122 Å². The molecule has 1 fully saturated rings. The van der Waals surface area contributed by atoms with Gasteiger partial charge in [0.05, 0.1) is 12.6 Å². The fourth-order valence-corrected chi connectivity index (χ4v) is 2.93. The molecule has 0 spiro atoms. The first-order chi connectivity index (χ1) is 10.0. The normalized spacial score (nSPS) is 28.1. The van der Waals surface area contributed by atoms with E-state index in [4.69, 9.17) is 15.2 Å². The molecule has 1 heterocycles. The molecule has 1 aliphatic heterocycles. The van der Waals surface area contributed by atoms with E-state index in [0.717, 1.165) is 5.56 Å². The van der Waals surface area contributed by atoms with Crippen molar-refractivity contribution in [1.29, 1.82) is 0 Å². The lowest BCUT2D eigenvalue weighted by molar-refractivity contribution is -0.147. The molecule has 21 heavy (non-hydrogen) atoms. The SMILES string of the molecule is COC1CC(N)(C(=O)N2CCOc3cc(F)ccc3C2)C1. The van der Waals surface area contributed by atoms with Crippen molar-refractivity contribution in [2.75, 3.05) is 20.3 Å². The lowest BCUT2D eigenvalue weighted by atomic mass is 9.74. The number of nitrogens with zero attached hydrogens (tertiary/aromatic N) is 1. The quantitative estimate of drug-likeness (QED) is 0.885. The zero-order chi connectivity index (χ0) is 15.0. The van der Waals surface area contributed by atoms with E-state index in [-0.39, 0.29) is 17.8 Å². The van der Waals surface area contributed by atoms with Gasteiger partial charge in [-0.05, 0) is 6.07 Å². The maximum atomic E-state index is 13.2. The maximum Gasteiger partial charge on any atom is 0.243 e. The Hall–Kier alpha value is -1.66. The van der Waals surface area contributed by atoms with Crippen molar-refractivity contribution in [3.05, 3.63) is 29.6 Å². The Kier molecular flexibility index (Phi) is 3.59. The average Bonchev–Trinajstić information content (AvgIpc) is 2.64. The van der Waals surface area contributed by atoms with Crippen LogP contribution in [0.25, 0.3) is 0 Å². The van der Waals surface area contributed by atoms with Gasteiger partial charge in [0.2, 0.25) is 5.91 Å². The number of rotatable bonds is 2. The highest BCUT2D eigenvalue weighted by molar-refractivity contribution is 5.87. The van der Waals surface area contributed by atoms with Crippen LogP contribution in [0.2, 0.25) is 0 Å². The van der Waals surface area contributed by atoms with Gasteiger partial charge in [0.25, 0.3) is 0 Å². The number of methoxy groups -OCH3 is 1. The molecule has 1 aromatic carbocycles. The van der Waals surface area contributed by atoms with Gasteiger partial charge in [0.15, 0.2) is 0 Å². The van der Waals surface area contributed by atoms with Gasteiger partial charge in [-0.2, -0.15) is 0 Å². The summed E-state index contributed by atoms with van der Waals surface area (Å²) in [6.07, 6.45) is 1.13. The third kappa shape index (κ3) is 2.61. The zero-order valence-electron chi connectivity index (χ0n) is 12.0. The second-order valence-electron chi connectivity index (χ2n) is 5.75. The van der Waals surface area contributed by atoms with Crippen LogP contribution in [0.4, 0.5) is 4.39 Å². The van der Waals surface area contributed by atoms with Crippen LogP contribution in [0.3, 0.4) is 0 Å². The monoisotopic (exact) mass is 294 g/mol. The molecule has 2 aliphatic rings. The van der Waals surface area contributed by atoms with E-state index >= 15 is 0 Å². The third-order valence-electron chi connectivity index (χ3n) is 4.24. The summed E-state index contributed by atoms with van der Waals surface area (Å²) in [5, 5.41) is 0. The number of nitrogens with two attached hydrogens (primary N) is 1. The lowest BCUT2D eigenvalue weighted by Gasteiger charge is -2.44. The van der Waals surface area contributed by atoms with Crippen LogP contribution < -0.4 is 10.5 Å². The first-order valence-corrected chi connectivity index (χ1v) is 7.04. The Morgan fingerprint density at radius 1 is 1.52 bits per heavy atom. The molecule has 1 amide bonds. The molecule has 0 aromatic heterocycles. The number of carbonyl (C=O) groups is 1. The summed E-state index contributed by atoms with van der Waals surface area (Å²) in [5.41, 5.74) is 6.12. The Balaban J connectivity index is 1.75. The molecule has 1 saturated carbocycles. The van der Waals surface area contributed by atoms with Crippen LogP contribution in [0.5, 0.6) is 5.75 Å². The molecule has 2 N–H and O–H groups in total. The van der Waals surface area contributed by atoms with Crippen LogP contribution >= 0.6 is 0 Å². The Morgan fingerprint density at radius 3 is 3.00 bits per heavy atom. The van der Waals surface area contributed by atoms with E-state index in [1.54, 1.807) is 18.1 Å². The average molecular weight is 294 g/mol. The summed E-state index contributed by atoms with van der Waals surface area (Å²) in [4.78, 5) is 14.3. The first-order valence-electron chi connectivity index (χ1n) is 7.04. The number of benzene rings is 1. The van der Waals surface area contributed by atoms with Crippen molar-refractivity contribution < 1.29 is 18.7 Å². The molecular weight excluding hydrogens is 275 g/mol. The highest BCUT2D eigenvalue weighted by Crippen LogP contribution is 2.35. The molecule has 3 rings (SSSR count). The fourth-order valence-electron chi connectivity index (χ4n) is 2.93. The number of hydrogen-bond acceptors (Lipinski definition) is 4. The standard InChI is InChI=1S/C15H19FN2O3/c1-20-12-7-15(17,8-12)14(19)18-4-5-21-13-6-11(16)3-2-10(13)9-18/h2-3,6,12H,4-5,7-9,17H2,1H3.